The van der Waals surface area contributed by atoms with Crippen molar-refractivity contribution in [2.75, 3.05) is 0 Å². The number of aryl methyl sites for hydroxylation is 1. The molecule has 0 unspecified atom stereocenters. The van der Waals surface area contributed by atoms with E-state index in [9.17, 15) is 4.39 Å². The van der Waals surface area contributed by atoms with Crippen molar-refractivity contribution in [3.63, 3.8) is 0 Å². The van der Waals surface area contributed by atoms with Crippen LogP contribution < -0.4 is 5.32 Å². The van der Waals surface area contributed by atoms with Crippen LogP contribution >= 0.6 is 11.3 Å². The van der Waals surface area contributed by atoms with Crippen molar-refractivity contribution in [3.05, 3.63) is 57.5 Å². The van der Waals surface area contributed by atoms with Crippen LogP contribution in [0.5, 0.6) is 0 Å². The van der Waals surface area contributed by atoms with Gasteiger partial charge in [-0.15, -0.1) is 0 Å². The van der Waals surface area contributed by atoms with E-state index in [2.05, 4.69) is 23.0 Å². The van der Waals surface area contributed by atoms with Gasteiger partial charge in [-0.1, -0.05) is 18.2 Å². The van der Waals surface area contributed by atoms with Crippen molar-refractivity contribution in [2.45, 2.75) is 38.3 Å². The maximum Gasteiger partial charge on any atom is 0.126 e. The summed E-state index contributed by atoms with van der Waals surface area (Å²) in [5.74, 6) is 0.335. The third-order valence-corrected chi connectivity index (χ3v) is 4.94. The van der Waals surface area contributed by atoms with Crippen molar-refractivity contribution in [1.82, 2.24) is 5.32 Å². The van der Waals surface area contributed by atoms with Crippen molar-refractivity contribution < 1.29 is 4.39 Å². The summed E-state index contributed by atoms with van der Waals surface area (Å²) in [5.41, 5.74) is 3.63. The molecule has 3 rings (SSSR count). The van der Waals surface area contributed by atoms with Crippen LogP contribution in [0, 0.1) is 12.7 Å². The van der Waals surface area contributed by atoms with E-state index >= 15 is 0 Å². The van der Waals surface area contributed by atoms with Crippen molar-refractivity contribution in [2.24, 2.45) is 0 Å². The Kier molecular flexibility index (Phi) is 3.67. The molecular formula is C16H18FNS. The minimum Gasteiger partial charge on any atom is -0.310 e. The first kappa shape index (κ1) is 12.8. The van der Waals surface area contributed by atoms with Gasteiger partial charge in [0.2, 0.25) is 0 Å². The van der Waals surface area contributed by atoms with Crippen LogP contribution in [-0.2, 0) is 6.54 Å². The van der Waals surface area contributed by atoms with Crippen LogP contribution in [0.1, 0.15) is 35.4 Å². The van der Waals surface area contributed by atoms with Gasteiger partial charge in [0.15, 0.2) is 0 Å². The van der Waals surface area contributed by atoms with Gasteiger partial charge >= 0.3 is 0 Å². The smallest absolute Gasteiger partial charge is 0.126 e. The van der Waals surface area contributed by atoms with Crippen molar-refractivity contribution in [3.8, 4) is 0 Å². The van der Waals surface area contributed by atoms with E-state index in [0.717, 1.165) is 24.9 Å². The first-order valence-corrected chi connectivity index (χ1v) is 7.68. The number of thiophene rings is 1. The second kappa shape index (κ2) is 5.43. The van der Waals surface area contributed by atoms with Gasteiger partial charge in [0.05, 0.1) is 0 Å². The molecule has 0 aliphatic heterocycles. The van der Waals surface area contributed by atoms with Crippen LogP contribution in [0.2, 0.25) is 0 Å². The molecule has 1 aromatic carbocycles. The fourth-order valence-corrected chi connectivity index (χ4v) is 3.52. The lowest BCUT2D eigenvalue weighted by molar-refractivity contribution is 0.284. The molecule has 2 aromatic rings. The first-order valence-electron chi connectivity index (χ1n) is 6.73. The van der Waals surface area contributed by atoms with Crippen LogP contribution in [-0.4, -0.2) is 6.04 Å². The lowest BCUT2D eigenvalue weighted by atomic mass is 9.75. The summed E-state index contributed by atoms with van der Waals surface area (Å²) in [6.45, 7) is 3.08. The summed E-state index contributed by atoms with van der Waals surface area (Å²) in [6, 6.07) is 7.69. The second-order valence-corrected chi connectivity index (χ2v) is 6.09. The number of rotatable bonds is 4. The Hall–Kier alpha value is -1.19. The minimum atomic E-state index is -0.0559. The van der Waals surface area contributed by atoms with Crippen molar-refractivity contribution >= 4 is 11.3 Å². The minimum absolute atomic E-state index is 0.0559. The third-order valence-electron chi connectivity index (χ3n) is 4.03. The molecule has 1 fully saturated rings. The van der Waals surface area contributed by atoms with Gasteiger partial charge in [0.1, 0.15) is 5.82 Å². The molecule has 0 spiro atoms. The standard InChI is InChI=1S/C16H18FNS/c1-11-9-19-10-13(11)8-18-14-6-12(7-14)15-4-2-3-5-16(15)17/h2-5,9-10,12,14,18H,6-8H2,1H3. The molecule has 1 aliphatic rings. The normalized spacial score (nSPS) is 22.2. The Labute approximate surface area is 117 Å². The number of hydrogen-bond acceptors (Lipinski definition) is 2. The molecule has 3 heteroatoms. The Morgan fingerprint density at radius 3 is 2.74 bits per heavy atom. The highest BCUT2D eigenvalue weighted by Crippen LogP contribution is 2.38. The lowest BCUT2D eigenvalue weighted by Gasteiger charge is -2.36. The van der Waals surface area contributed by atoms with Gasteiger partial charge in [-0.3, -0.25) is 0 Å². The largest absolute Gasteiger partial charge is 0.310 e. The molecule has 100 valence electrons. The van der Waals surface area contributed by atoms with Crippen LogP contribution in [0.4, 0.5) is 4.39 Å². The molecule has 19 heavy (non-hydrogen) atoms. The number of hydrogen-bond donors (Lipinski definition) is 1. The highest BCUT2D eigenvalue weighted by atomic mass is 32.1. The van der Waals surface area contributed by atoms with Gasteiger partial charge in [-0.25, -0.2) is 4.39 Å². The van der Waals surface area contributed by atoms with E-state index in [4.69, 9.17) is 0 Å². The summed E-state index contributed by atoms with van der Waals surface area (Å²) in [6.07, 6.45) is 2.09. The average Bonchev–Trinajstić information content (AvgIpc) is 2.75. The average molecular weight is 275 g/mol. The summed E-state index contributed by atoms with van der Waals surface area (Å²) >= 11 is 1.75. The Bertz CT molecular complexity index is 557. The van der Waals surface area contributed by atoms with E-state index in [1.54, 1.807) is 23.5 Å². The zero-order chi connectivity index (χ0) is 13.2. The summed E-state index contributed by atoms with van der Waals surface area (Å²) in [7, 11) is 0. The highest BCUT2D eigenvalue weighted by molar-refractivity contribution is 7.08. The van der Waals surface area contributed by atoms with Gasteiger partial charge in [-0.2, -0.15) is 11.3 Å². The van der Waals surface area contributed by atoms with E-state index in [0.29, 0.717) is 12.0 Å². The molecule has 1 aliphatic carbocycles. The molecule has 0 radical (unpaired) electrons. The molecule has 1 saturated carbocycles. The van der Waals surface area contributed by atoms with Gasteiger partial charge in [0.25, 0.3) is 0 Å². The molecule has 0 atom stereocenters. The predicted molar refractivity (Wildman–Crippen MR) is 78.1 cm³/mol. The van der Waals surface area contributed by atoms with Crippen LogP contribution in [0.3, 0.4) is 0 Å². The van der Waals surface area contributed by atoms with Crippen LogP contribution in [0.25, 0.3) is 0 Å². The molecule has 1 nitrogen and oxygen atoms in total. The fourth-order valence-electron chi connectivity index (χ4n) is 2.67. The Balaban J connectivity index is 1.51. The number of benzene rings is 1. The van der Waals surface area contributed by atoms with Crippen LogP contribution in [0.15, 0.2) is 35.0 Å². The first-order chi connectivity index (χ1) is 9.24. The van der Waals surface area contributed by atoms with Gasteiger partial charge < -0.3 is 5.32 Å². The molecule has 1 N–H and O–H groups in total. The summed E-state index contributed by atoms with van der Waals surface area (Å²) < 4.78 is 13.6. The number of nitrogens with one attached hydrogen (secondary N) is 1. The maximum absolute atomic E-state index is 13.6. The Morgan fingerprint density at radius 2 is 2.05 bits per heavy atom. The second-order valence-electron chi connectivity index (χ2n) is 5.35. The lowest BCUT2D eigenvalue weighted by Crippen LogP contribution is -2.39. The SMILES string of the molecule is Cc1cscc1CNC1CC(c2ccccc2F)C1. The maximum atomic E-state index is 13.6. The molecule has 0 saturated heterocycles. The molecule has 0 bridgehead atoms. The zero-order valence-corrected chi connectivity index (χ0v) is 11.8. The van der Waals surface area contributed by atoms with Crippen molar-refractivity contribution in [1.29, 1.82) is 0 Å². The summed E-state index contributed by atoms with van der Waals surface area (Å²) in [5, 5.41) is 7.95. The fraction of sp³-hybridized carbons (Fsp3) is 0.375. The number of halogens is 1. The zero-order valence-electron chi connectivity index (χ0n) is 11.0. The Morgan fingerprint density at radius 1 is 1.26 bits per heavy atom. The molecule has 0 amide bonds. The van der Waals surface area contributed by atoms with E-state index in [1.807, 2.05) is 12.1 Å². The molecule has 1 heterocycles. The van der Waals surface area contributed by atoms with E-state index in [1.165, 1.54) is 11.1 Å². The van der Waals surface area contributed by atoms with Gasteiger partial charge in [0, 0.05) is 12.6 Å². The summed E-state index contributed by atoms with van der Waals surface area (Å²) in [4.78, 5) is 0. The monoisotopic (exact) mass is 275 g/mol. The predicted octanol–water partition coefficient (Wildman–Crippen LogP) is 4.23. The quantitative estimate of drug-likeness (QED) is 0.880. The molecule has 1 aromatic heterocycles. The van der Waals surface area contributed by atoms with Gasteiger partial charge in [-0.05, 0) is 59.2 Å². The van der Waals surface area contributed by atoms with E-state index in [-0.39, 0.29) is 5.82 Å². The topological polar surface area (TPSA) is 12.0 Å². The third kappa shape index (κ3) is 2.72. The van der Waals surface area contributed by atoms with E-state index < -0.39 is 0 Å². The highest BCUT2D eigenvalue weighted by Gasteiger charge is 2.31. The molecular weight excluding hydrogens is 257 g/mol.